The molecule has 28 heavy (non-hydrogen) atoms. The Morgan fingerprint density at radius 2 is 2.07 bits per heavy atom. The van der Waals surface area contributed by atoms with Gasteiger partial charge in [0.1, 0.15) is 0 Å². The molecule has 0 atom stereocenters. The van der Waals surface area contributed by atoms with E-state index in [2.05, 4.69) is 36.1 Å². The number of pyridine rings is 1. The summed E-state index contributed by atoms with van der Waals surface area (Å²) in [5.41, 5.74) is 3.48. The molecule has 144 valence electrons. The molecule has 0 aliphatic carbocycles. The Morgan fingerprint density at radius 3 is 2.71 bits per heavy atom. The largest absolute Gasteiger partial charge is 0.335 e. The van der Waals surface area contributed by atoms with Gasteiger partial charge < -0.3 is 9.42 Å². The maximum Gasteiger partial charge on any atom is 0.259 e. The first-order chi connectivity index (χ1) is 13.5. The molecule has 1 amide bonds. The Hall–Kier alpha value is -2.51. The van der Waals surface area contributed by atoms with Crippen LogP contribution < -0.4 is 0 Å². The highest BCUT2D eigenvalue weighted by Crippen LogP contribution is 2.33. The maximum atomic E-state index is 13.5. The van der Waals surface area contributed by atoms with Gasteiger partial charge in [0.05, 0.1) is 28.9 Å². The van der Waals surface area contributed by atoms with Crippen LogP contribution in [0.15, 0.2) is 34.2 Å². The fourth-order valence-corrected chi connectivity index (χ4v) is 5.03. The molecular formula is C21H21N3O2S2. The lowest BCUT2D eigenvalue weighted by atomic mass is 10.0. The summed E-state index contributed by atoms with van der Waals surface area (Å²) in [5.74, 6) is -0.0274. The summed E-state index contributed by atoms with van der Waals surface area (Å²) in [7, 11) is 0. The quantitative estimate of drug-likeness (QED) is 0.429. The van der Waals surface area contributed by atoms with Crippen LogP contribution in [0.25, 0.3) is 22.4 Å². The molecule has 4 aromatic rings. The highest BCUT2D eigenvalue weighted by Gasteiger charge is 2.24. The van der Waals surface area contributed by atoms with Crippen molar-refractivity contribution in [3.63, 3.8) is 0 Å². The first kappa shape index (κ1) is 18.8. The minimum atomic E-state index is -0.0274. The third-order valence-corrected chi connectivity index (χ3v) is 6.59. The fraction of sp³-hybridized carbons (Fsp3) is 0.286. The van der Waals surface area contributed by atoms with Crippen molar-refractivity contribution in [1.29, 1.82) is 0 Å². The van der Waals surface area contributed by atoms with Crippen molar-refractivity contribution in [3.05, 3.63) is 55.5 Å². The molecule has 0 N–H and O–H groups in total. The molecule has 0 aliphatic heterocycles. The van der Waals surface area contributed by atoms with Crippen molar-refractivity contribution in [1.82, 2.24) is 15.0 Å². The SMILES string of the molecule is CCN(Cc1cccs1)C(=O)c1cc(-c2cc(C)sc2C)nc2onc(C)c12. The van der Waals surface area contributed by atoms with Crippen LogP contribution in [0.2, 0.25) is 0 Å². The molecule has 0 saturated heterocycles. The summed E-state index contributed by atoms with van der Waals surface area (Å²) in [5, 5.41) is 6.79. The standard InChI is InChI=1S/C21H21N3O2S2/c1-5-24(11-15-7-6-8-27-15)21(25)17-10-18(16-9-12(2)28-14(16)4)22-20-19(17)13(3)23-26-20/h6-10H,5,11H2,1-4H3. The zero-order valence-corrected chi connectivity index (χ0v) is 17.9. The summed E-state index contributed by atoms with van der Waals surface area (Å²) in [6.45, 7) is 9.20. The second-order valence-electron chi connectivity index (χ2n) is 6.73. The third kappa shape index (κ3) is 3.36. The second kappa shape index (κ2) is 7.48. The summed E-state index contributed by atoms with van der Waals surface area (Å²) in [4.78, 5) is 23.5. The number of amides is 1. The minimum absolute atomic E-state index is 0.0274. The van der Waals surface area contributed by atoms with Crippen molar-refractivity contribution >= 4 is 39.7 Å². The highest BCUT2D eigenvalue weighted by atomic mass is 32.1. The molecule has 0 saturated carbocycles. The Balaban J connectivity index is 1.83. The summed E-state index contributed by atoms with van der Waals surface area (Å²) >= 11 is 3.38. The summed E-state index contributed by atoms with van der Waals surface area (Å²) in [6.07, 6.45) is 0. The maximum absolute atomic E-state index is 13.5. The lowest BCUT2D eigenvalue weighted by Crippen LogP contribution is -2.30. The van der Waals surface area contributed by atoms with Crippen LogP contribution in [0.3, 0.4) is 0 Å². The number of hydrogen-bond donors (Lipinski definition) is 0. The molecule has 4 aromatic heterocycles. The molecule has 4 rings (SSSR count). The third-order valence-electron chi connectivity index (χ3n) is 4.76. The first-order valence-corrected chi connectivity index (χ1v) is 10.8. The van der Waals surface area contributed by atoms with Gasteiger partial charge >= 0.3 is 0 Å². The fourth-order valence-electron chi connectivity index (χ4n) is 3.37. The normalized spacial score (nSPS) is 11.3. The Labute approximate surface area is 171 Å². The van der Waals surface area contributed by atoms with E-state index in [1.807, 2.05) is 36.3 Å². The first-order valence-electron chi connectivity index (χ1n) is 9.14. The number of fused-ring (bicyclic) bond motifs is 1. The van der Waals surface area contributed by atoms with Gasteiger partial charge in [0.15, 0.2) is 0 Å². The van der Waals surface area contributed by atoms with Crippen molar-refractivity contribution in [2.45, 2.75) is 34.2 Å². The van der Waals surface area contributed by atoms with Gasteiger partial charge in [0.25, 0.3) is 11.6 Å². The van der Waals surface area contributed by atoms with Gasteiger partial charge in [-0.3, -0.25) is 4.79 Å². The van der Waals surface area contributed by atoms with E-state index in [0.717, 1.165) is 16.1 Å². The average molecular weight is 412 g/mol. The number of aromatic nitrogens is 2. The van der Waals surface area contributed by atoms with Crippen LogP contribution in [0, 0.1) is 20.8 Å². The van der Waals surface area contributed by atoms with Crippen LogP contribution >= 0.6 is 22.7 Å². The molecule has 7 heteroatoms. The number of carbonyl (C=O) groups is 1. The highest BCUT2D eigenvalue weighted by molar-refractivity contribution is 7.12. The lowest BCUT2D eigenvalue weighted by Gasteiger charge is -2.21. The molecule has 0 fully saturated rings. The molecule has 0 aromatic carbocycles. The van der Waals surface area contributed by atoms with Gasteiger partial charge in [-0.05, 0) is 51.3 Å². The molecule has 5 nitrogen and oxygen atoms in total. The van der Waals surface area contributed by atoms with E-state index in [9.17, 15) is 4.79 Å². The van der Waals surface area contributed by atoms with E-state index in [4.69, 9.17) is 4.52 Å². The minimum Gasteiger partial charge on any atom is -0.335 e. The van der Waals surface area contributed by atoms with Crippen LogP contribution in [0.5, 0.6) is 0 Å². The molecular weight excluding hydrogens is 390 g/mol. The number of aryl methyl sites for hydroxylation is 3. The second-order valence-corrected chi connectivity index (χ2v) is 9.22. The van der Waals surface area contributed by atoms with E-state index in [0.29, 0.717) is 35.4 Å². The van der Waals surface area contributed by atoms with E-state index >= 15 is 0 Å². The van der Waals surface area contributed by atoms with E-state index in [-0.39, 0.29) is 5.91 Å². The van der Waals surface area contributed by atoms with Gasteiger partial charge in [-0.25, -0.2) is 4.98 Å². The van der Waals surface area contributed by atoms with Crippen LogP contribution in [-0.2, 0) is 6.54 Å². The molecule has 0 radical (unpaired) electrons. The molecule has 0 aliphatic rings. The molecule has 0 unspecified atom stereocenters. The summed E-state index contributed by atoms with van der Waals surface area (Å²) in [6, 6.07) is 8.05. The number of thiophene rings is 2. The Bertz CT molecular complexity index is 1140. The molecule has 0 spiro atoms. The van der Waals surface area contributed by atoms with Gasteiger partial charge in [-0.15, -0.1) is 22.7 Å². The van der Waals surface area contributed by atoms with Gasteiger partial charge in [-0.2, -0.15) is 0 Å². The predicted octanol–water partition coefficient (Wildman–Crippen LogP) is 5.60. The number of nitrogens with zero attached hydrogens (tertiary/aromatic N) is 3. The monoisotopic (exact) mass is 411 g/mol. The van der Waals surface area contributed by atoms with E-state index in [1.165, 1.54) is 9.75 Å². The Kier molecular flexibility index (Phi) is 5.03. The molecule has 0 bridgehead atoms. The predicted molar refractivity (Wildman–Crippen MR) is 114 cm³/mol. The van der Waals surface area contributed by atoms with E-state index < -0.39 is 0 Å². The van der Waals surface area contributed by atoms with Crippen molar-refractivity contribution in [2.24, 2.45) is 0 Å². The number of carbonyl (C=O) groups excluding carboxylic acids is 1. The van der Waals surface area contributed by atoms with Crippen LogP contribution in [-0.4, -0.2) is 27.5 Å². The zero-order valence-electron chi connectivity index (χ0n) is 16.3. The number of hydrogen-bond acceptors (Lipinski definition) is 6. The molecule has 4 heterocycles. The lowest BCUT2D eigenvalue weighted by molar-refractivity contribution is 0.0756. The summed E-state index contributed by atoms with van der Waals surface area (Å²) < 4.78 is 5.44. The van der Waals surface area contributed by atoms with Crippen LogP contribution in [0.1, 0.15) is 37.6 Å². The van der Waals surface area contributed by atoms with Crippen molar-refractivity contribution < 1.29 is 9.32 Å². The smallest absolute Gasteiger partial charge is 0.259 e. The van der Waals surface area contributed by atoms with Crippen LogP contribution in [0.4, 0.5) is 0 Å². The van der Waals surface area contributed by atoms with E-state index in [1.54, 1.807) is 22.7 Å². The van der Waals surface area contributed by atoms with Crippen molar-refractivity contribution in [2.75, 3.05) is 6.54 Å². The van der Waals surface area contributed by atoms with Gasteiger partial charge in [0.2, 0.25) is 0 Å². The van der Waals surface area contributed by atoms with Gasteiger partial charge in [-0.1, -0.05) is 11.2 Å². The Morgan fingerprint density at radius 1 is 1.25 bits per heavy atom. The van der Waals surface area contributed by atoms with Crippen molar-refractivity contribution in [3.8, 4) is 11.3 Å². The average Bonchev–Trinajstić information content (AvgIpc) is 3.39. The topological polar surface area (TPSA) is 59.2 Å². The van der Waals surface area contributed by atoms with Gasteiger partial charge in [0, 0.05) is 26.7 Å². The zero-order chi connectivity index (χ0) is 19.8. The number of rotatable bonds is 5.